The third kappa shape index (κ3) is 2.03. The zero-order valence-electron chi connectivity index (χ0n) is 8.80. The van der Waals surface area contributed by atoms with E-state index in [1.165, 1.54) is 17.1 Å². The van der Waals surface area contributed by atoms with Gasteiger partial charge in [-0.25, -0.2) is 4.98 Å². The van der Waals surface area contributed by atoms with Crippen LogP contribution in [0.3, 0.4) is 0 Å². The molecule has 5 N–H and O–H groups in total. The Bertz CT molecular complexity index is 421. The molecule has 0 aromatic carbocycles. The van der Waals surface area contributed by atoms with Gasteiger partial charge in [-0.2, -0.15) is 0 Å². The molecule has 0 unspecified atom stereocenters. The van der Waals surface area contributed by atoms with Crippen molar-refractivity contribution in [2.24, 2.45) is 5.73 Å². The van der Waals surface area contributed by atoms with Crippen molar-refractivity contribution in [3.05, 3.63) is 18.2 Å². The van der Waals surface area contributed by atoms with Crippen molar-refractivity contribution < 1.29 is 24.9 Å². The normalized spacial score (nSPS) is 32.9. The minimum atomic E-state index is -1.21. The molecule has 1 aromatic heterocycles. The zero-order valence-corrected chi connectivity index (χ0v) is 8.80. The van der Waals surface area contributed by atoms with Gasteiger partial charge in [-0.3, -0.25) is 4.79 Å². The highest BCUT2D eigenvalue weighted by Gasteiger charge is 2.43. The number of imidazole rings is 1. The summed E-state index contributed by atoms with van der Waals surface area (Å²) in [5.74, 6) is -0.699. The van der Waals surface area contributed by atoms with Crippen LogP contribution < -0.4 is 5.73 Å². The van der Waals surface area contributed by atoms with Crippen molar-refractivity contribution in [2.45, 2.75) is 24.5 Å². The Morgan fingerprint density at radius 2 is 2.24 bits per heavy atom. The van der Waals surface area contributed by atoms with Gasteiger partial charge in [0.25, 0.3) is 5.91 Å². The molecule has 0 radical (unpaired) electrons. The fraction of sp³-hybridized carbons (Fsp3) is 0.556. The van der Waals surface area contributed by atoms with Gasteiger partial charge in [0.15, 0.2) is 6.23 Å². The second-order valence-electron chi connectivity index (χ2n) is 3.80. The van der Waals surface area contributed by atoms with Crippen LogP contribution in [0.5, 0.6) is 0 Å². The van der Waals surface area contributed by atoms with Crippen molar-refractivity contribution in [2.75, 3.05) is 6.61 Å². The number of ether oxygens (including phenoxy) is 1. The molecule has 1 aliphatic rings. The second kappa shape index (κ2) is 4.41. The van der Waals surface area contributed by atoms with Crippen molar-refractivity contribution in [3.63, 3.8) is 0 Å². The van der Waals surface area contributed by atoms with Crippen LogP contribution >= 0.6 is 0 Å². The monoisotopic (exact) mass is 243 g/mol. The number of hydrogen-bond acceptors (Lipinski definition) is 6. The summed E-state index contributed by atoms with van der Waals surface area (Å²) in [7, 11) is 0. The number of aliphatic hydroxyl groups excluding tert-OH is 3. The van der Waals surface area contributed by atoms with E-state index in [2.05, 4.69) is 4.98 Å². The first kappa shape index (κ1) is 12.0. The van der Waals surface area contributed by atoms with Gasteiger partial charge in [0.2, 0.25) is 0 Å². The lowest BCUT2D eigenvalue weighted by molar-refractivity contribution is -0.0528. The molecular formula is C9H13N3O5. The number of aromatic nitrogens is 2. The second-order valence-corrected chi connectivity index (χ2v) is 3.80. The molecule has 1 aromatic rings. The highest BCUT2D eigenvalue weighted by molar-refractivity contribution is 5.90. The SMILES string of the molecule is NC(=O)c1cn([C@@H]2O[C@H](CO)[C@@H](O)[C@H]2O)cn1. The van der Waals surface area contributed by atoms with Crippen molar-refractivity contribution >= 4 is 5.91 Å². The number of amides is 1. The number of rotatable bonds is 3. The Morgan fingerprint density at radius 3 is 2.71 bits per heavy atom. The van der Waals surface area contributed by atoms with Crippen molar-refractivity contribution in [1.29, 1.82) is 0 Å². The highest BCUT2D eigenvalue weighted by Crippen LogP contribution is 2.29. The summed E-state index contributed by atoms with van der Waals surface area (Å²) in [6.45, 7) is -0.411. The first-order valence-corrected chi connectivity index (χ1v) is 5.00. The Morgan fingerprint density at radius 1 is 1.53 bits per heavy atom. The van der Waals surface area contributed by atoms with Gasteiger partial charge in [-0.05, 0) is 0 Å². The molecule has 1 aliphatic heterocycles. The van der Waals surface area contributed by atoms with E-state index < -0.39 is 37.1 Å². The molecule has 0 spiro atoms. The van der Waals surface area contributed by atoms with Crippen LogP contribution in [-0.4, -0.2) is 55.7 Å². The van der Waals surface area contributed by atoms with Gasteiger partial charge in [0.1, 0.15) is 24.0 Å². The highest BCUT2D eigenvalue weighted by atomic mass is 16.6. The van der Waals surface area contributed by atoms with E-state index in [0.717, 1.165) is 0 Å². The summed E-state index contributed by atoms with van der Waals surface area (Å²) < 4.78 is 6.56. The van der Waals surface area contributed by atoms with Crippen LogP contribution in [0, 0.1) is 0 Å². The molecule has 8 nitrogen and oxygen atoms in total. The predicted molar refractivity (Wildman–Crippen MR) is 53.8 cm³/mol. The van der Waals surface area contributed by atoms with Gasteiger partial charge in [0.05, 0.1) is 12.9 Å². The molecule has 8 heteroatoms. The molecule has 0 aliphatic carbocycles. The molecular weight excluding hydrogens is 230 g/mol. The standard InChI is InChI=1S/C9H13N3O5/c10-8(16)4-1-12(3-11-4)9-7(15)6(14)5(2-13)17-9/h1,3,5-7,9,13-15H,2H2,(H2,10,16)/t5-,6-,7-,9-/m1/s1. The van der Waals surface area contributed by atoms with E-state index in [9.17, 15) is 15.0 Å². The largest absolute Gasteiger partial charge is 0.394 e. The minimum Gasteiger partial charge on any atom is -0.394 e. The first-order valence-electron chi connectivity index (χ1n) is 5.00. The van der Waals surface area contributed by atoms with Gasteiger partial charge in [-0.15, -0.1) is 0 Å². The van der Waals surface area contributed by atoms with Gasteiger partial charge in [0, 0.05) is 6.20 Å². The smallest absolute Gasteiger partial charge is 0.268 e. The van der Waals surface area contributed by atoms with Gasteiger partial charge in [-0.1, -0.05) is 0 Å². The Balaban J connectivity index is 2.19. The third-order valence-electron chi connectivity index (χ3n) is 2.66. The van der Waals surface area contributed by atoms with Crippen molar-refractivity contribution in [1.82, 2.24) is 9.55 Å². The van der Waals surface area contributed by atoms with E-state index in [1.807, 2.05) is 0 Å². The maximum Gasteiger partial charge on any atom is 0.268 e. The molecule has 1 fully saturated rings. The lowest BCUT2D eigenvalue weighted by atomic mass is 10.1. The van der Waals surface area contributed by atoms with Crippen LogP contribution in [0.15, 0.2) is 12.5 Å². The zero-order chi connectivity index (χ0) is 12.6. The first-order chi connectivity index (χ1) is 8.04. The average Bonchev–Trinajstić information content (AvgIpc) is 2.87. The Kier molecular flexibility index (Phi) is 3.11. The number of carbonyl (C=O) groups excluding carboxylic acids is 1. The summed E-state index contributed by atoms with van der Waals surface area (Å²) in [6.07, 6.45) is -1.59. The number of carbonyl (C=O) groups is 1. The van der Waals surface area contributed by atoms with Crippen LogP contribution in [0.4, 0.5) is 0 Å². The van der Waals surface area contributed by atoms with E-state index in [-0.39, 0.29) is 5.69 Å². The van der Waals surface area contributed by atoms with Crippen LogP contribution in [0.25, 0.3) is 0 Å². The molecule has 4 atom stereocenters. The quantitative estimate of drug-likeness (QED) is 0.468. The fourth-order valence-corrected chi connectivity index (χ4v) is 1.73. The number of nitrogens with two attached hydrogens (primary N) is 1. The summed E-state index contributed by atoms with van der Waals surface area (Å²) in [5, 5.41) is 28.2. The van der Waals surface area contributed by atoms with Gasteiger partial charge >= 0.3 is 0 Å². The van der Waals surface area contributed by atoms with E-state index in [1.54, 1.807) is 0 Å². The molecule has 0 bridgehead atoms. The number of hydrogen-bond donors (Lipinski definition) is 4. The predicted octanol–water partition coefficient (Wildman–Crippen LogP) is -2.41. The molecule has 0 saturated carbocycles. The van der Waals surface area contributed by atoms with Crippen LogP contribution in [0.1, 0.15) is 16.7 Å². The average molecular weight is 243 g/mol. The molecule has 1 saturated heterocycles. The maximum atomic E-state index is 10.8. The van der Waals surface area contributed by atoms with Crippen LogP contribution in [0.2, 0.25) is 0 Å². The van der Waals surface area contributed by atoms with E-state index in [0.29, 0.717) is 0 Å². The molecule has 17 heavy (non-hydrogen) atoms. The topological polar surface area (TPSA) is 131 Å². The molecule has 2 rings (SSSR count). The third-order valence-corrected chi connectivity index (χ3v) is 2.66. The molecule has 1 amide bonds. The van der Waals surface area contributed by atoms with E-state index >= 15 is 0 Å². The van der Waals surface area contributed by atoms with Gasteiger partial charge < -0.3 is 30.4 Å². The summed E-state index contributed by atoms with van der Waals surface area (Å²) in [4.78, 5) is 14.6. The summed E-state index contributed by atoms with van der Waals surface area (Å²) in [6, 6.07) is 0. The molecule has 2 heterocycles. The Hall–Kier alpha value is -1.48. The number of aliphatic hydroxyl groups is 3. The van der Waals surface area contributed by atoms with E-state index in [4.69, 9.17) is 15.6 Å². The minimum absolute atomic E-state index is 0.0303. The fourth-order valence-electron chi connectivity index (χ4n) is 1.73. The van der Waals surface area contributed by atoms with Crippen LogP contribution in [-0.2, 0) is 4.74 Å². The summed E-state index contributed by atoms with van der Waals surface area (Å²) in [5.41, 5.74) is 5.06. The van der Waals surface area contributed by atoms with Crippen molar-refractivity contribution in [3.8, 4) is 0 Å². The lowest BCUT2D eigenvalue weighted by Crippen LogP contribution is -2.33. The number of primary amides is 1. The maximum absolute atomic E-state index is 10.8. The summed E-state index contributed by atoms with van der Waals surface area (Å²) >= 11 is 0. The Labute approximate surface area is 96.3 Å². The number of nitrogens with zero attached hydrogens (tertiary/aromatic N) is 2. The molecule has 94 valence electrons. The lowest BCUT2D eigenvalue weighted by Gasteiger charge is -2.15.